The number of hydrogen-bond donors (Lipinski definition) is 17. The minimum Gasteiger partial charge on any atom is -0.508 e. The van der Waals surface area contributed by atoms with Gasteiger partial charge in [0.15, 0.2) is 0 Å². The van der Waals surface area contributed by atoms with Crippen molar-refractivity contribution in [3.63, 3.8) is 0 Å². The Bertz CT molecular complexity index is 4040. The lowest BCUT2D eigenvalue weighted by Crippen LogP contribution is -2.61. The van der Waals surface area contributed by atoms with Crippen LogP contribution in [-0.2, 0) is 94.7 Å². The number of benzene rings is 3. The van der Waals surface area contributed by atoms with E-state index in [0.717, 1.165) is 11.1 Å². The minimum absolute atomic E-state index is 0.00262. The predicted octanol–water partition coefficient (Wildman–Crippen LogP) is 1.82. The summed E-state index contributed by atoms with van der Waals surface area (Å²) in [7, 11) is 0. The molecular formula is C75H100N16O15S2. The van der Waals surface area contributed by atoms with Gasteiger partial charge in [-0.2, -0.15) is 23.5 Å². The van der Waals surface area contributed by atoms with Gasteiger partial charge >= 0.3 is 0 Å². The molecular weight excluding hydrogens is 1430 g/mol. The van der Waals surface area contributed by atoms with Crippen LogP contribution in [0.1, 0.15) is 126 Å². The van der Waals surface area contributed by atoms with Crippen LogP contribution < -0.4 is 64.2 Å². The van der Waals surface area contributed by atoms with Crippen LogP contribution in [0.4, 0.5) is 0 Å². The van der Waals surface area contributed by atoms with E-state index in [1.54, 1.807) is 78.2 Å². The number of phenolic OH excluding ortho intramolecular Hbond substituents is 2. The number of nitrogens with two attached hydrogens (primary N) is 1. The average Bonchev–Trinajstić information content (AvgIpc) is 1.48. The number of nitrogens with one attached hydrogen (secondary N) is 13. The number of thioether (sulfide) groups is 2. The molecule has 0 fully saturated rings. The number of unbranched alkanes of at least 4 members (excludes halogenated alkanes) is 1. The smallest absolute Gasteiger partial charge is 0.243 e. The number of primary amides is 1. The fourth-order valence-electron chi connectivity index (χ4n) is 11.8. The van der Waals surface area contributed by atoms with Gasteiger partial charge in [0.1, 0.15) is 77.6 Å². The van der Waals surface area contributed by atoms with E-state index < -0.39 is 143 Å². The lowest BCUT2D eigenvalue weighted by Gasteiger charge is -2.32. The standard InChI is InChI=1S/C75H100N16O15S2/c1-7-14-54-69(101)83-53(9-3)68(100)90-60(64(76)97)41-108-40-46-16-12-15-45(31-46)39-107-30-27-61(95)91-63(75(4,5)6)74(106)89-57(33-44-21-25-50(94)26-22-44)71(103)88-59(35-48-37-77-42-81-48)73(105)84-52(8-2)67(99)87-58(34-47-36-79-65-51(47)17-13-28-78-65)72(104)86-55(18-10-11-29-92)66(98)80-38-62(96)82-56(70(102)85-54)32-43-19-23-49(93)24-20-43/h12-13,15-17,19-26,28,31,36-37,42,52-60,63,92-94H,7-11,14,18,27,29-30,32-35,38-41H2,1-6H3,(H2,76,97)(H,77,81)(H,78,79)(H,80,98)(H,82,96)(H,83,101)(H,84,105)(H,85,102)(H,86,104)(H,87,99)(H,88,103)(H,89,106)(H,90,100)(H,91,95)/t52-,53-,54-,55-,56-,57-,58-,59-,60-,63+/m0/s1. The molecule has 0 unspecified atom stereocenters. The van der Waals surface area contributed by atoms with E-state index in [0.29, 0.717) is 57.1 Å². The van der Waals surface area contributed by atoms with Gasteiger partial charge in [0.05, 0.1) is 12.9 Å². The Morgan fingerprint density at radius 2 is 1.06 bits per heavy atom. The number of carbonyl (C=O) groups is 12. The fraction of sp³-hybridized carbons (Fsp3) is 0.467. The maximum absolute atomic E-state index is 14.9. The van der Waals surface area contributed by atoms with Crippen molar-refractivity contribution in [2.75, 3.05) is 24.7 Å². The van der Waals surface area contributed by atoms with E-state index in [4.69, 9.17) is 5.73 Å². The molecule has 0 saturated carbocycles. The van der Waals surface area contributed by atoms with E-state index in [1.807, 2.05) is 24.3 Å². The predicted molar refractivity (Wildman–Crippen MR) is 406 cm³/mol. The number of fused-ring (bicyclic) bond motifs is 3. The van der Waals surface area contributed by atoms with Crippen LogP contribution in [0.5, 0.6) is 11.5 Å². The zero-order valence-corrected chi connectivity index (χ0v) is 63.1. The van der Waals surface area contributed by atoms with Crippen molar-refractivity contribution in [1.29, 1.82) is 0 Å². The number of imidazole rings is 1. The summed E-state index contributed by atoms with van der Waals surface area (Å²) in [6, 6.07) is 9.34. The molecule has 0 saturated heterocycles. The first-order chi connectivity index (χ1) is 51.6. The number of carbonyl (C=O) groups excluding carboxylic acids is 12. The Balaban J connectivity index is 1.20. The lowest BCUT2D eigenvalue weighted by atomic mass is 9.85. The number of amides is 12. The highest BCUT2D eigenvalue weighted by atomic mass is 32.2. The highest BCUT2D eigenvalue weighted by molar-refractivity contribution is 7.98. The molecule has 1 aliphatic heterocycles. The van der Waals surface area contributed by atoms with Gasteiger partial charge in [0.25, 0.3) is 0 Å². The number of phenols is 2. The molecule has 33 heteroatoms. The van der Waals surface area contributed by atoms with Crippen molar-refractivity contribution in [2.45, 2.75) is 191 Å². The van der Waals surface area contributed by atoms with Crippen molar-refractivity contribution in [3.05, 3.63) is 143 Å². The van der Waals surface area contributed by atoms with Gasteiger partial charge < -0.3 is 89.5 Å². The maximum Gasteiger partial charge on any atom is 0.243 e. The highest BCUT2D eigenvalue weighted by Crippen LogP contribution is 2.24. The van der Waals surface area contributed by atoms with E-state index in [1.165, 1.54) is 72.4 Å². The molecule has 108 heavy (non-hydrogen) atoms. The number of H-pyrrole nitrogens is 2. The second kappa shape index (κ2) is 42.1. The number of aromatic nitrogens is 4. The van der Waals surface area contributed by atoms with E-state index >= 15 is 0 Å². The SMILES string of the molecule is CCC[C@@H]1NC(=O)[C@H](Cc2ccc(O)cc2)NC(=O)CNC(=O)[C@H](CCCCO)NC(=O)[C@H](Cc2c[nH]c3ncccc23)NC(=O)[C@H](CC)NC(=O)[C@H](Cc2cnc[nH]2)NC(=O)[C@H](Cc2ccc(O)cc2)NC(=O)[C@H](C(C)(C)C)NC(=O)CCSCc2cccc(c2)CSC[C@@H](C(N)=O)NC(=O)[C@H](CC)NC1=O. The third kappa shape index (κ3) is 26.7. The minimum atomic E-state index is -1.49. The summed E-state index contributed by atoms with van der Waals surface area (Å²) >= 11 is 2.80. The summed E-state index contributed by atoms with van der Waals surface area (Å²) in [5.41, 5.74) is 9.03. The van der Waals surface area contributed by atoms with Crippen LogP contribution in [0.15, 0.2) is 110 Å². The molecule has 582 valence electrons. The molecule has 31 nitrogen and oxygen atoms in total. The molecule has 0 spiro atoms. The van der Waals surface area contributed by atoms with Gasteiger partial charge in [0.2, 0.25) is 70.9 Å². The van der Waals surface area contributed by atoms with Gasteiger partial charge in [0, 0.05) is 91.4 Å². The van der Waals surface area contributed by atoms with Gasteiger partial charge in [-0.1, -0.05) is 96.5 Å². The number of hydrogen-bond acceptors (Lipinski definition) is 19. The number of nitrogens with zero attached hydrogens (tertiary/aromatic N) is 2. The van der Waals surface area contributed by atoms with Gasteiger partial charge in [-0.15, -0.1) is 0 Å². The van der Waals surface area contributed by atoms with Crippen LogP contribution in [0.25, 0.3) is 11.0 Å². The second-order valence-electron chi connectivity index (χ2n) is 27.5. The van der Waals surface area contributed by atoms with Crippen molar-refractivity contribution >= 4 is 105 Å². The molecule has 0 radical (unpaired) electrons. The molecule has 1 aliphatic rings. The number of aromatic amines is 2. The number of pyridine rings is 1. The molecule has 12 amide bonds. The number of rotatable bonds is 17. The summed E-state index contributed by atoms with van der Waals surface area (Å²) in [5.74, 6) is -8.35. The average molecular weight is 1530 g/mol. The molecule has 4 heterocycles. The zero-order chi connectivity index (χ0) is 78.5. The van der Waals surface area contributed by atoms with Crippen LogP contribution >= 0.6 is 23.5 Å². The van der Waals surface area contributed by atoms with Crippen LogP contribution in [0.2, 0.25) is 0 Å². The maximum atomic E-state index is 14.9. The highest BCUT2D eigenvalue weighted by Gasteiger charge is 2.38. The molecule has 3 aromatic carbocycles. The summed E-state index contributed by atoms with van der Waals surface area (Å²) in [4.78, 5) is 186. The Morgan fingerprint density at radius 1 is 0.546 bits per heavy atom. The first-order valence-electron chi connectivity index (χ1n) is 36.0. The zero-order valence-electron chi connectivity index (χ0n) is 61.4. The quantitative estimate of drug-likeness (QED) is 0.0579. The first kappa shape index (κ1) is 84.7. The van der Waals surface area contributed by atoms with Crippen molar-refractivity contribution in [2.24, 2.45) is 11.1 Å². The Hall–Kier alpha value is -10.5. The van der Waals surface area contributed by atoms with Gasteiger partial charge in [-0.25, -0.2) is 9.97 Å². The molecule has 18 N–H and O–H groups in total. The van der Waals surface area contributed by atoms with Crippen LogP contribution in [0.3, 0.4) is 0 Å². The molecule has 3 aromatic heterocycles. The third-order valence-corrected chi connectivity index (χ3v) is 20.0. The fourth-order valence-corrected chi connectivity index (χ4v) is 13.7. The Labute approximate surface area is 634 Å². The van der Waals surface area contributed by atoms with Gasteiger partial charge in [-0.3, -0.25) is 57.5 Å². The molecule has 10 atom stereocenters. The van der Waals surface area contributed by atoms with Crippen LogP contribution in [-0.4, -0.2) is 191 Å². The number of aliphatic hydroxyl groups is 1. The monoisotopic (exact) mass is 1530 g/mol. The topological polar surface area (TPSA) is 481 Å². The third-order valence-electron chi connectivity index (χ3n) is 17.9. The van der Waals surface area contributed by atoms with Crippen molar-refractivity contribution < 1.29 is 72.9 Å². The molecule has 0 aliphatic carbocycles. The largest absolute Gasteiger partial charge is 0.508 e. The Morgan fingerprint density at radius 3 is 1.62 bits per heavy atom. The van der Waals surface area contributed by atoms with E-state index in [-0.39, 0.29) is 94.5 Å². The van der Waals surface area contributed by atoms with Crippen LogP contribution in [0, 0.1) is 5.41 Å². The molecule has 2 bridgehead atoms. The first-order valence-corrected chi connectivity index (χ1v) is 38.3. The summed E-state index contributed by atoms with van der Waals surface area (Å²) in [6.07, 6.45) is 5.89. The number of aliphatic hydroxyl groups excluding tert-OH is 1. The molecule has 6 aromatic rings. The lowest BCUT2D eigenvalue weighted by molar-refractivity contribution is -0.136. The number of aromatic hydroxyl groups is 2. The van der Waals surface area contributed by atoms with Crippen molar-refractivity contribution in [3.8, 4) is 11.5 Å². The summed E-state index contributed by atoms with van der Waals surface area (Å²) in [5, 5.41) is 60.6. The van der Waals surface area contributed by atoms with E-state index in [2.05, 4.69) is 78.4 Å². The second-order valence-corrected chi connectivity index (χ2v) is 29.6. The van der Waals surface area contributed by atoms with E-state index in [9.17, 15) is 72.9 Å². The summed E-state index contributed by atoms with van der Waals surface area (Å²) in [6.45, 7) is 9.19. The molecule has 7 rings (SSSR count). The Kier molecular flexibility index (Phi) is 33.0. The van der Waals surface area contributed by atoms with Gasteiger partial charge in [-0.05, 0) is 108 Å². The van der Waals surface area contributed by atoms with Crippen molar-refractivity contribution in [1.82, 2.24) is 78.4 Å². The normalized spacial score (nSPS) is 22.8. The summed E-state index contributed by atoms with van der Waals surface area (Å²) < 4.78 is 0.